The molecule has 0 saturated carbocycles. The van der Waals surface area contributed by atoms with E-state index >= 15 is 0 Å². The quantitative estimate of drug-likeness (QED) is 0.314. The third-order valence-electron chi connectivity index (χ3n) is 6.38. The largest absolute Gasteiger partial charge is 0.497 e. The number of anilines is 2. The van der Waals surface area contributed by atoms with E-state index in [1.807, 2.05) is 42.5 Å². The topological polar surface area (TPSA) is 88.6 Å². The number of methoxy groups -OCH3 is 1. The highest BCUT2D eigenvalue weighted by atomic mass is 32.1. The van der Waals surface area contributed by atoms with Gasteiger partial charge in [0.25, 0.3) is 5.91 Å². The van der Waals surface area contributed by atoms with Gasteiger partial charge in [-0.05, 0) is 60.0 Å². The molecule has 0 radical (unpaired) electrons. The van der Waals surface area contributed by atoms with E-state index in [0.717, 1.165) is 66.0 Å². The first kappa shape index (κ1) is 25.8. The third kappa shape index (κ3) is 6.55. The number of morpholine rings is 1. The average Bonchev–Trinajstić information content (AvgIpc) is 3.45. The first-order valence-corrected chi connectivity index (χ1v) is 13.4. The minimum atomic E-state index is -0.121. The molecule has 1 amide bonds. The van der Waals surface area contributed by atoms with Crippen molar-refractivity contribution in [3.8, 4) is 16.3 Å². The molecule has 0 atom stereocenters. The number of hydrogen-bond acceptors (Lipinski definition) is 8. The van der Waals surface area contributed by atoms with Gasteiger partial charge < -0.3 is 20.1 Å². The molecule has 5 rings (SSSR count). The van der Waals surface area contributed by atoms with Crippen LogP contribution in [0.2, 0.25) is 0 Å². The summed E-state index contributed by atoms with van der Waals surface area (Å²) in [5.41, 5.74) is 5.08. The van der Waals surface area contributed by atoms with Crippen LogP contribution in [0.25, 0.3) is 10.6 Å². The second kappa shape index (κ2) is 12.2. The number of benzene rings is 2. The molecule has 1 aliphatic rings. The third-order valence-corrected chi connectivity index (χ3v) is 7.49. The summed E-state index contributed by atoms with van der Waals surface area (Å²) in [5.74, 6) is 1.16. The van der Waals surface area contributed by atoms with Crippen molar-refractivity contribution in [2.24, 2.45) is 0 Å². The summed E-state index contributed by atoms with van der Waals surface area (Å²) in [7, 11) is 1.63. The molecule has 2 aromatic heterocycles. The fourth-order valence-corrected chi connectivity index (χ4v) is 5.14. The van der Waals surface area contributed by atoms with E-state index in [9.17, 15) is 4.79 Å². The molecule has 1 aliphatic heterocycles. The zero-order valence-electron chi connectivity index (χ0n) is 21.6. The number of amides is 1. The number of aromatic nitrogens is 2. The van der Waals surface area contributed by atoms with E-state index in [4.69, 9.17) is 14.5 Å². The highest BCUT2D eigenvalue weighted by Gasteiger charge is 2.14. The second-order valence-electron chi connectivity index (χ2n) is 9.13. The highest BCUT2D eigenvalue weighted by Crippen LogP contribution is 2.28. The number of carbonyl (C=O) groups is 1. The maximum absolute atomic E-state index is 12.8. The van der Waals surface area contributed by atoms with Crippen LogP contribution in [-0.2, 0) is 17.8 Å². The van der Waals surface area contributed by atoms with Gasteiger partial charge in [0.15, 0.2) is 0 Å². The predicted molar refractivity (Wildman–Crippen MR) is 150 cm³/mol. The zero-order chi connectivity index (χ0) is 26.3. The van der Waals surface area contributed by atoms with Crippen molar-refractivity contribution in [1.82, 2.24) is 20.2 Å². The molecule has 0 aliphatic carbocycles. The molecule has 1 saturated heterocycles. The molecule has 196 valence electrons. The summed E-state index contributed by atoms with van der Waals surface area (Å²) >= 11 is 1.41. The minimum Gasteiger partial charge on any atom is -0.497 e. The number of nitrogens with one attached hydrogen (secondary N) is 2. The first-order valence-electron chi connectivity index (χ1n) is 12.6. The van der Waals surface area contributed by atoms with Gasteiger partial charge in [-0.2, -0.15) is 0 Å². The van der Waals surface area contributed by atoms with Crippen LogP contribution in [0.3, 0.4) is 0 Å². The van der Waals surface area contributed by atoms with E-state index in [-0.39, 0.29) is 5.91 Å². The molecule has 3 heterocycles. The Morgan fingerprint density at radius 2 is 1.95 bits per heavy atom. The van der Waals surface area contributed by atoms with Gasteiger partial charge in [-0.1, -0.05) is 24.3 Å². The van der Waals surface area contributed by atoms with Crippen molar-refractivity contribution in [3.63, 3.8) is 0 Å². The van der Waals surface area contributed by atoms with Crippen LogP contribution in [0.1, 0.15) is 26.4 Å². The summed E-state index contributed by atoms with van der Waals surface area (Å²) in [5, 5.41) is 6.36. The Hall–Kier alpha value is -3.79. The number of carbonyl (C=O) groups excluding carboxylic acids is 1. The van der Waals surface area contributed by atoms with Gasteiger partial charge in [-0.15, -0.1) is 11.3 Å². The van der Waals surface area contributed by atoms with Gasteiger partial charge in [-0.3, -0.25) is 9.69 Å². The van der Waals surface area contributed by atoms with E-state index in [1.165, 1.54) is 16.9 Å². The maximum atomic E-state index is 12.8. The fraction of sp³-hybridized carbons (Fsp3) is 0.276. The van der Waals surface area contributed by atoms with E-state index in [2.05, 4.69) is 45.6 Å². The SMILES string of the molecule is COc1cccc(CNC(=O)c2ccc(-c3ccnc(Nc4cc(CN5CCOCC5)ccc4C)n3)s2)c1. The van der Waals surface area contributed by atoms with E-state index in [1.54, 1.807) is 13.3 Å². The van der Waals surface area contributed by atoms with Crippen molar-refractivity contribution in [3.05, 3.63) is 88.4 Å². The van der Waals surface area contributed by atoms with E-state index in [0.29, 0.717) is 17.4 Å². The van der Waals surface area contributed by atoms with Crippen LogP contribution in [0.15, 0.2) is 66.9 Å². The Labute approximate surface area is 226 Å². The van der Waals surface area contributed by atoms with Crippen LogP contribution in [0.5, 0.6) is 5.75 Å². The molecule has 8 nitrogen and oxygen atoms in total. The summed E-state index contributed by atoms with van der Waals surface area (Å²) in [6.45, 7) is 6.84. The van der Waals surface area contributed by atoms with Gasteiger partial charge in [0, 0.05) is 38.1 Å². The Balaban J connectivity index is 1.24. The monoisotopic (exact) mass is 529 g/mol. The summed E-state index contributed by atoms with van der Waals surface area (Å²) in [4.78, 5) is 25.8. The fourth-order valence-electron chi connectivity index (χ4n) is 4.25. The van der Waals surface area contributed by atoms with Crippen molar-refractivity contribution in [2.75, 3.05) is 38.7 Å². The zero-order valence-corrected chi connectivity index (χ0v) is 22.4. The summed E-state index contributed by atoms with van der Waals surface area (Å²) in [6, 6.07) is 19.7. The molecular formula is C29H31N5O3S. The molecular weight excluding hydrogens is 498 g/mol. The lowest BCUT2D eigenvalue weighted by molar-refractivity contribution is 0.0342. The molecule has 38 heavy (non-hydrogen) atoms. The van der Waals surface area contributed by atoms with Crippen LogP contribution in [0.4, 0.5) is 11.6 Å². The Bertz CT molecular complexity index is 1400. The number of rotatable bonds is 9. The van der Waals surface area contributed by atoms with Crippen LogP contribution in [-0.4, -0.2) is 54.2 Å². The van der Waals surface area contributed by atoms with Gasteiger partial charge >= 0.3 is 0 Å². The highest BCUT2D eigenvalue weighted by molar-refractivity contribution is 7.17. The van der Waals surface area contributed by atoms with E-state index < -0.39 is 0 Å². The standard InChI is InChI=1S/C29H31N5O3S/c1-20-6-7-22(19-34-12-14-37-15-13-34)17-25(20)33-29-30-11-10-24(32-29)26-8-9-27(38-26)28(35)31-18-21-4-3-5-23(16-21)36-2/h3-11,16-17H,12-15,18-19H2,1-2H3,(H,31,35)(H,30,32,33). The maximum Gasteiger partial charge on any atom is 0.261 e. The number of hydrogen-bond donors (Lipinski definition) is 2. The van der Waals surface area contributed by atoms with Crippen molar-refractivity contribution in [2.45, 2.75) is 20.0 Å². The molecule has 2 N–H and O–H groups in total. The molecule has 2 aromatic carbocycles. The molecule has 9 heteroatoms. The Morgan fingerprint density at radius 1 is 1.08 bits per heavy atom. The normalized spacial score (nSPS) is 13.7. The smallest absolute Gasteiger partial charge is 0.261 e. The number of aryl methyl sites for hydroxylation is 1. The minimum absolute atomic E-state index is 0.121. The lowest BCUT2D eigenvalue weighted by atomic mass is 10.1. The number of nitrogens with zero attached hydrogens (tertiary/aromatic N) is 3. The van der Waals surface area contributed by atoms with Crippen molar-refractivity contribution < 1.29 is 14.3 Å². The number of ether oxygens (including phenoxy) is 2. The van der Waals surface area contributed by atoms with Crippen LogP contribution < -0.4 is 15.4 Å². The van der Waals surface area contributed by atoms with Crippen LogP contribution in [0, 0.1) is 6.92 Å². The lowest BCUT2D eigenvalue weighted by Crippen LogP contribution is -2.35. The molecule has 0 unspecified atom stereocenters. The Morgan fingerprint density at radius 3 is 2.79 bits per heavy atom. The average molecular weight is 530 g/mol. The van der Waals surface area contributed by atoms with Crippen molar-refractivity contribution >= 4 is 28.9 Å². The molecule has 4 aromatic rings. The van der Waals surface area contributed by atoms with Gasteiger partial charge in [0.1, 0.15) is 5.75 Å². The second-order valence-corrected chi connectivity index (χ2v) is 10.2. The molecule has 0 bridgehead atoms. The number of thiophene rings is 1. The molecule has 0 spiro atoms. The van der Waals surface area contributed by atoms with Gasteiger partial charge in [-0.25, -0.2) is 9.97 Å². The van der Waals surface area contributed by atoms with Crippen LogP contribution >= 0.6 is 11.3 Å². The van der Waals surface area contributed by atoms with Gasteiger partial charge in [0.05, 0.1) is 35.8 Å². The van der Waals surface area contributed by atoms with Crippen molar-refractivity contribution in [1.29, 1.82) is 0 Å². The lowest BCUT2D eigenvalue weighted by Gasteiger charge is -2.26. The van der Waals surface area contributed by atoms with Gasteiger partial charge in [0.2, 0.25) is 5.95 Å². The predicted octanol–water partition coefficient (Wildman–Crippen LogP) is 5.03. The summed E-state index contributed by atoms with van der Waals surface area (Å²) in [6.07, 6.45) is 1.74. The summed E-state index contributed by atoms with van der Waals surface area (Å²) < 4.78 is 10.7. The first-order chi connectivity index (χ1) is 18.6. The Kier molecular flexibility index (Phi) is 8.28. The molecule has 1 fully saturated rings.